The van der Waals surface area contributed by atoms with Gasteiger partial charge in [0.15, 0.2) is 0 Å². The van der Waals surface area contributed by atoms with Gasteiger partial charge in [-0.1, -0.05) is 42.5 Å². The molecule has 0 unspecified atom stereocenters. The molecule has 0 aliphatic heterocycles. The van der Waals surface area contributed by atoms with Gasteiger partial charge < -0.3 is 14.8 Å². The average Bonchev–Trinajstić information content (AvgIpc) is 3.11. The minimum Gasteiger partial charge on any atom is -0.497 e. The third-order valence-corrected chi connectivity index (χ3v) is 6.68. The van der Waals surface area contributed by atoms with E-state index in [9.17, 15) is 5.26 Å². The van der Waals surface area contributed by atoms with Crippen molar-refractivity contribution in [1.82, 2.24) is 4.98 Å². The molecule has 1 aliphatic rings. The number of anilines is 1. The lowest BCUT2D eigenvalue weighted by atomic mass is 9.95. The number of aromatic nitrogens is 1. The predicted octanol–water partition coefficient (Wildman–Crippen LogP) is 5.94. The summed E-state index contributed by atoms with van der Waals surface area (Å²) >= 11 is 0. The van der Waals surface area contributed by atoms with Crippen molar-refractivity contribution in [2.24, 2.45) is 0 Å². The van der Waals surface area contributed by atoms with E-state index in [0.29, 0.717) is 6.54 Å². The number of fused-ring (bicyclic) bond motifs is 2. The summed E-state index contributed by atoms with van der Waals surface area (Å²) < 4.78 is 11.0. The Morgan fingerprint density at radius 3 is 2.57 bits per heavy atom. The van der Waals surface area contributed by atoms with Crippen LogP contribution in [0.25, 0.3) is 11.1 Å². The number of benzene rings is 3. The Morgan fingerprint density at radius 2 is 1.80 bits per heavy atom. The molecule has 0 saturated heterocycles. The number of hydrogen-bond acceptors (Lipinski definition) is 5. The van der Waals surface area contributed by atoms with Gasteiger partial charge in [0.05, 0.1) is 25.9 Å². The number of rotatable bonds is 6. The Labute approximate surface area is 206 Å². The zero-order valence-corrected chi connectivity index (χ0v) is 20.0. The second-order valence-corrected chi connectivity index (χ2v) is 8.60. The van der Waals surface area contributed by atoms with Crippen molar-refractivity contribution in [3.05, 3.63) is 106 Å². The molecule has 0 atom stereocenters. The van der Waals surface area contributed by atoms with Gasteiger partial charge in [0.1, 0.15) is 11.5 Å². The highest BCUT2D eigenvalue weighted by molar-refractivity contribution is 5.81. The van der Waals surface area contributed by atoms with Gasteiger partial charge in [0.25, 0.3) is 0 Å². The molecule has 1 aromatic heterocycles. The molecule has 3 aromatic carbocycles. The monoisotopic (exact) mass is 461 g/mol. The zero-order chi connectivity index (χ0) is 24.2. The highest BCUT2D eigenvalue weighted by Crippen LogP contribution is 2.37. The molecule has 1 heterocycles. The Morgan fingerprint density at radius 1 is 0.943 bits per heavy atom. The molecular weight excluding hydrogens is 434 g/mol. The van der Waals surface area contributed by atoms with Crippen molar-refractivity contribution in [3.63, 3.8) is 0 Å². The number of methoxy groups -OCH3 is 2. The van der Waals surface area contributed by atoms with E-state index in [4.69, 9.17) is 14.5 Å². The normalized spacial score (nSPS) is 12.0. The number of hydrogen-bond donors (Lipinski definition) is 1. The van der Waals surface area contributed by atoms with E-state index in [2.05, 4.69) is 29.6 Å². The van der Waals surface area contributed by atoms with Crippen LogP contribution >= 0.6 is 0 Å². The van der Waals surface area contributed by atoms with Gasteiger partial charge in [-0.2, -0.15) is 5.26 Å². The van der Waals surface area contributed by atoms with E-state index in [-0.39, 0.29) is 0 Å². The lowest BCUT2D eigenvalue weighted by Crippen LogP contribution is -2.09. The number of ether oxygens (including phenoxy) is 2. The van der Waals surface area contributed by atoms with Crippen LogP contribution in [0, 0.1) is 11.3 Å². The molecule has 0 saturated carbocycles. The van der Waals surface area contributed by atoms with Gasteiger partial charge >= 0.3 is 0 Å². The van der Waals surface area contributed by atoms with E-state index in [1.165, 1.54) is 11.1 Å². The van der Waals surface area contributed by atoms with E-state index in [0.717, 1.165) is 70.0 Å². The highest BCUT2D eigenvalue weighted by Gasteiger charge is 2.22. The maximum Gasteiger partial charge on any atom is 0.127 e. The van der Waals surface area contributed by atoms with E-state index in [1.54, 1.807) is 14.2 Å². The quantitative estimate of drug-likeness (QED) is 0.385. The van der Waals surface area contributed by atoms with Crippen LogP contribution in [0.1, 0.15) is 33.5 Å². The summed E-state index contributed by atoms with van der Waals surface area (Å²) in [6.07, 6.45) is 4.32. The fourth-order valence-corrected chi connectivity index (χ4v) is 4.85. The van der Waals surface area contributed by atoms with Gasteiger partial charge in [0, 0.05) is 53.3 Å². The summed E-state index contributed by atoms with van der Waals surface area (Å²) in [4.78, 5) is 4.90. The van der Waals surface area contributed by atoms with Crippen LogP contribution in [0.15, 0.2) is 72.9 Å². The molecule has 1 aliphatic carbocycles. The lowest BCUT2D eigenvalue weighted by Gasteiger charge is -2.20. The second kappa shape index (κ2) is 9.90. The first-order valence-corrected chi connectivity index (χ1v) is 11.7. The molecule has 0 bridgehead atoms. The van der Waals surface area contributed by atoms with E-state index in [1.807, 2.05) is 54.7 Å². The molecule has 0 radical (unpaired) electrons. The summed E-state index contributed by atoms with van der Waals surface area (Å²) in [6.45, 7) is 0.592. The fourth-order valence-electron chi connectivity index (χ4n) is 4.85. The van der Waals surface area contributed by atoms with Crippen molar-refractivity contribution in [2.45, 2.75) is 25.8 Å². The van der Waals surface area contributed by atoms with Crippen LogP contribution in [-0.2, 0) is 25.8 Å². The van der Waals surface area contributed by atoms with Crippen LogP contribution in [0.3, 0.4) is 0 Å². The molecule has 0 spiro atoms. The SMILES string of the molecule is COc1ccc(CNc2c(-c3ccccc3)cnc3c2Cc2cccc(C#N)c2CC3)c(OC)c1. The fraction of sp³-hybridized carbons (Fsp3) is 0.200. The summed E-state index contributed by atoms with van der Waals surface area (Å²) in [5.41, 5.74) is 9.65. The first-order valence-electron chi connectivity index (χ1n) is 11.7. The molecule has 5 nitrogen and oxygen atoms in total. The topological polar surface area (TPSA) is 67.2 Å². The van der Waals surface area contributed by atoms with Crippen LogP contribution in [0.4, 0.5) is 5.69 Å². The van der Waals surface area contributed by atoms with Gasteiger partial charge in [-0.15, -0.1) is 0 Å². The van der Waals surface area contributed by atoms with Crippen molar-refractivity contribution >= 4 is 5.69 Å². The Hall–Kier alpha value is -4.30. The largest absolute Gasteiger partial charge is 0.497 e. The molecule has 0 amide bonds. The number of pyridine rings is 1. The van der Waals surface area contributed by atoms with Crippen LogP contribution in [0.2, 0.25) is 0 Å². The average molecular weight is 462 g/mol. The molecule has 0 fully saturated rings. The smallest absolute Gasteiger partial charge is 0.127 e. The Bertz CT molecular complexity index is 1410. The van der Waals surface area contributed by atoms with Gasteiger partial charge in [0.2, 0.25) is 0 Å². The first-order chi connectivity index (χ1) is 17.2. The van der Waals surface area contributed by atoms with Crippen molar-refractivity contribution in [2.75, 3.05) is 19.5 Å². The molecule has 5 rings (SSSR count). The van der Waals surface area contributed by atoms with Crippen LogP contribution < -0.4 is 14.8 Å². The Kier molecular flexibility index (Phi) is 6.36. The standard InChI is InChI=1S/C30H27N3O2/c1-34-24-12-11-23(29(16-24)35-2)18-33-30-26-15-21-9-6-10-22(17-31)25(21)13-14-28(26)32-19-27(30)20-7-4-3-5-8-20/h3-12,16,19H,13-15,18H2,1-2H3,(H,32,33). The lowest BCUT2D eigenvalue weighted by molar-refractivity contribution is 0.391. The summed E-state index contributed by atoms with van der Waals surface area (Å²) in [6, 6.07) is 24.6. The second-order valence-electron chi connectivity index (χ2n) is 8.60. The van der Waals surface area contributed by atoms with Gasteiger partial charge in [-0.3, -0.25) is 4.98 Å². The maximum atomic E-state index is 9.65. The van der Waals surface area contributed by atoms with Crippen molar-refractivity contribution < 1.29 is 9.47 Å². The zero-order valence-electron chi connectivity index (χ0n) is 20.0. The van der Waals surface area contributed by atoms with E-state index >= 15 is 0 Å². The van der Waals surface area contributed by atoms with Gasteiger partial charge in [-0.05, 0) is 47.7 Å². The van der Waals surface area contributed by atoms with Crippen LogP contribution in [0.5, 0.6) is 11.5 Å². The number of nitrogens with one attached hydrogen (secondary N) is 1. The maximum absolute atomic E-state index is 9.65. The number of nitriles is 1. The molecule has 35 heavy (non-hydrogen) atoms. The summed E-state index contributed by atoms with van der Waals surface area (Å²) in [5, 5.41) is 13.4. The summed E-state index contributed by atoms with van der Waals surface area (Å²) in [5.74, 6) is 1.54. The molecular formula is C30H27N3O2. The third kappa shape index (κ3) is 4.43. The van der Waals surface area contributed by atoms with E-state index < -0.39 is 0 Å². The Balaban J connectivity index is 1.60. The number of aryl methyl sites for hydroxylation is 1. The molecule has 174 valence electrons. The van der Waals surface area contributed by atoms with Crippen molar-refractivity contribution in [1.29, 1.82) is 5.26 Å². The minimum atomic E-state index is 0.592. The molecule has 4 aromatic rings. The number of nitrogens with zero attached hydrogens (tertiary/aromatic N) is 2. The van der Waals surface area contributed by atoms with Crippen LogP contribution in [-0.4, -0.2) is 19.2 Å². The molecule has 1 N–H and O–H groups in total. The highest BCUT2D eigenvalue weighted by atomic mass is 16.5. The van der Waals surface area contributed by atoms with Gasteiger partial charge in [-0.25, -0.2) is 0 Å². The molecule has 5 heteroatoms. The van der Waals surface area contributed by atoms with Crippen molar-refractivity contribution in [3.8, 4) is 28.7 Å². The summed E-state index contributed by atoms with van der Waals surface area (Å²) in [7, 11) is 3.33. The predicted molar refractivity (Wildman–Crippen MR) is 138 cm³/mol. The minimum absolute atomic E-state index is 0.592. The third-order valence-electron chi connectivity index (χ3n) is 6.68. The first kappa shape index (κ1) is 22.5.